The average molecular weight is 398 g/mol. The van der Waals surface area contributed by atoms with Crippen molar-refractivity contribution >= 4 is 34.8 Å². The summed E-state index contributed by atoms with van der Waals surface area (Å²) in [5.74, 6) is -0.982. The van der Waals surface area contributed by atoms with Crippen LogP contribution in [0.25, 0.3) is 0 Å². The Bertz CT molecular complexity index is 818. The minimum absolute atomic E-state index is 0.0746. The van der Waals surface area contributed by atoms with Gasteiger partial charge in [0.1, 0.15) is 5.75 Å². The van der Waals surface area contributed by atoms with E-state index < -0.39 is 18.4 Å². The molecule has 0 radical (unpaired) electrons. The highest BCUT2D eigenvalue weighted by Crippen LogP contribution is 2.25. The van der Waals surface area contributed by atoms with Crippen LogP contribution >= 0.6 is 11.6 Å². The second-order valence-electron chi connectivity index (χ2n) is 5.47. The van der Waals surface area contributed by atoms with Crippen LogP contribution in [-0.2, 0) is 9.59 Å². The predicted octanol–water partition coefficient (Wildman–Crippen LogP) is 3.42. The highest BCUT2D eigenvalue weighted by Gasteiger charge is 2.11. The minimum Gasteiger partial charge on any atom is -0.433 e. The molecule has 27 heavy (non-hydrogen) atoms. The molecule has 0 heterocycles. The van der Waals surface area contributed by atoms with E-state index in [1.165, 1.54) is 18.2 Å². The SMILES string of the molecule is Cc1c(Cl)cccc1NC(=O)CNC(=O)CNc1ccccc1OC(F)F. The summed E-state index contributed by atoms with van der Waals surface area (Å²) in [5.41, 5.74) is 1.51. The van der Waals surface area contributed by atoms with E-state index in [0.29, 0.717) is 10.7 Å². The van der Waals surface area contributed by atoms with Crippen molar-refractivity contribution in [2.75, 3.05) is 23.7 Å². The number of nitrogens with one attached hydrogen (secondary N) is 3. The Morgan fingerprint density at radius 1 is 1.04 bits per heavy atom. The Morgan fingerprint density at radius 3 is 2.48 bits per heavy atom. The fraction of sp³-hybridized carbons (Fsp3) is 0.222. The van der Waals surface area contributed by atoms with Crippen molar-refractivity contribution in [2.24, 2.45) is 0 Å². The van der Waals surface area contributed by atoms with Gasteiger partial charge in [-0.15, -0.1) is 0 Å². The molecule has 0 fully saturated rings. The number of amides is 2. The second kappa shape index (κ2) is 9.72. The van der Waals surface area contributed by atoms with Crippen molar-refractivity contribution in [3.63, 3.8) is 0 Å². The molecule has 0 aromatic heterocycles. The van der Waals surface area contributed by atoms with Crippen molar-refractivity contribution in [1.82, 2.24) is 5.32 Å². The molecule has 0 bridgehead atoms. The van der Waals surface area contributed by atoms with Gasteiger partial charge in [0.15, 0.2) is 0 Å². The van der Waals surface area contributed by atoms with Crippen molar-refractivity contribution in [3.8, 4) is 5.75 Å². The Kier molecular flexibility index (Phi) is 7.36. The largest absolute Gasteiger partial charge is 0.433 e. The van der Waals surface area contributed by atoms with E-state index in [4.69, 9.17) is 11.6 Å². The summed E-state index contributed by atoms with van der Waals surface area (Å²) in [5, 5.41) is 8.29. The van der Waals surface area contributed by atoms with Crippen LogP contribution in [-0.4, -0.2) is 31.5 Å². The Hall–Kier alpha value is -2.87. The van der Waals surface area contributed by atoms with Crippen molar-refractivity contribution < 1.29 is 23.1 Å². The second-order valence-corrected chi connectivity index (χ2v) is 5.87. The smallest absolute Gasteiger partial charge is 0.387 e. The molecule has 0 unspecified atom stereocenters. The maximum atomic E-state index is 12.4. The van der Waals surface area contributed by atoms with Gasteiger partial charge in [-0.25, -0.2) is 0 Å². The number of alkyl halides is 2. The van der Waals surface area contributed by atoms with E-state index >= 15 is 0 Å². The lowest BCUT2D eigenvalue weighted by Crippen LogP contribution is -2.36. The molecule has 0 aliphatic carbocycles. The lowest BCUT2D eigenvalue weighted by molar-refractivity contribution is -0.122. The number of halogens is 3. The van der Waals surface area contributed by atoms with Crippen LogP contribution in [0.5, 0.6) is 5.75 Å². The third-order valence-electron chi connectivity index (χ3n) is 3.53. The molecule has 0 spiro atoms. The molecule has 0 saturated carbocycles. The lowest BCUT2D eigenvalue weighted by Gasteiger charge is -2.13. The quantitative estimate of drug-likeness (QED) is 0.637. The van der Waals surface area contributed by atoms with Crippen LogP contribution in [0.2, 0.25) is 5.02 Å². The standard InChI is InChI=1S/C18H18ClF2N3O3/c1-11-12(19)5-4-7-13(11)24-17(26)10-23-16(25)9-22-14-6-2-3-8-15(14)27-18(20)21/h2-8,18,22H,9-10H2,1H3,(H,23,25)(H,24,26). The van der Waals surface area contributed by atoms with Gasteiger partial charge in [-0.1, -0.05) is 29.8 Å². The number of para-hydroxylation sites is 2. The summed E-state index contributed by atoms with van der Waals surface area (Å²) >= 11 is 5.98. The summed E-state index contributed by atoms with van der Waals surface area (Å²) in [4.78, 5) is 23.8. The van der Waals surface area contributed by atoms with E-state index in [-0.39, 0.29) is 24.5 Å². The van der Waals surface area contributed by atoms with Gasteiger partial charge < -0.3 is 20.7 Å². The number of hydrogen-bond acceptors (Lipinski definition) is 4. The fourth-order valence-corrected chi connectivity index (χ4v) is 2.34. The summed E-state index contributed by atoms with van der Waals surface area (Å²) in [7, 11) is 0. The number of rotatable bonds is 8. The monoisotopic (exact) mass is 397 g/mol. The van der Waals surface area contributed by atoms with Gasteiger partial charge in [0.25, 0.3) is 0 Å². The predicted molar refractivity (Wildman–Crippen MR) is 99.4 cm³/mol. The third-order valence-corrected chi connectivity index (χ3v) is 3.94. The third kappa shape index (κ3) is 6.41. The van der Waals surface area contributed by atoms with E-state index in [1.807, 2.05) is 0 Å². The molecule has 2 amide bonds. The number of carbonyl (C=O) groups is 2. The van der Waals surface area contributed by atoms with Gasteiger partial charge in [0, 0.05) is 10.7 Å². The number of carbonyl (C=O) groups excluding carboxylic acids is 2. The molecule has 0 aliphatic rings. The van der Waals surface area contributed by atoms with E-state index in [2.05, 4.69) is 20.7 Å². The topological polar surface area (TPSA) is 79.5 Å². The maximum absolute atomic E-state index is 12.4. The van der Waals surface area contributed by atoms with E-state index in [9.17, 15) is 18.4 Å². The Labute approximate surface area is 159 Å². The van der Waals surface area contributed by atoms with Crippen LogP contribution in [0.3, 0.4) is 0 Å². The van der Waals surface area contributed by atoms with Crippen LogP contribution < -0.4 is 20.7 Å². The molecular weight excluding hydrogens is 380 g/mol. The maximum Gasteiger partial charge on any atom is 0.387 e. The van der Waals surface area contributed by atoms with Gasteiger partial charge in [0.2, 0.25) is 11.8 Å². The van der Waals surface area contributed by atoms with E-state index in [1.54, 1.807) is 31.2 Å². The van der Waals surface area contributed by atoms with Gasteiger partial charge in [-0.3, -0.25) is 9.59 Å². The van der Waals surface area contributed by atoms with Gasteiger partial charge in [-0.05, 0) is 36.8 Å². The zero-order chi connectivity index (χ0) is 19.8. The number of benzene rings is 2. The number of hydrogen-bond donors (Lipinski definition) is 3. The highest BCUT2D eigenvalue weighted by molar-refractivity contribution is 6.31. The van der Waals surface area contributed by atoms with Crippen LogP contribution in [0.15, 0.2) is 42.5 Å². The molecule has 144 valence electrons. The van der Waals surface area contributed by atoms with Crippen molar-refractivity contribution in [1.29, 1.82) is 0 Å². The minimum atomic E-state index is -2.97. The lowest BCUT2D eigenvalue weighted by atomic mass is 10.2. The highest BCUT2D eigenvalue weighted by atomic mass is 35.5. The summed E-state index contributed by atoms with van der Waals surface area (Å²) in [6, 6.07) is 11.1. The zero-order valence-electron chi connectivity index (χ0n) is 14.4. The van der Waals surface area contributed by atoms with E-state index in [0.717, 1.165) is 5.56 Å². The number of anilines is 2. The molecular formula is C18H18ClF2N3O3. The molecule has 2 aromatic carbocycles. The Morgan fingerprint density at radius 2 is 1.74 bits per heavy atom. The van der Waals surface area contributed by atoms with Crippen molar-refractivity contribution in [2.45, 2.75) is 13.5 Å². The summed E-state index contributed by atoms with van der Waals surface area (Å²) in [6.45, 7) is -1.67. The molecule has 6 nitrogen and oxygen atoms in total. The molecule has 3 N–H and O–H groups in total. The van der Waals surface area contributed by atoms with Crippen molar-refractivity contribution in [3.05, 3.63) is 53.1 Å². The molecule has 2 rings (SSSR count). The summed E-state index contributed by atoms with van der Waals surface area (Å²) < 4.78 is 29.1. The first-order valence-electron chi connectivity index (χ1n) is 7.96. The first-order valence-corrected chi connectivity index (χ1v) is 8.34. The first kappa shape index (κ1) is 20.4. The fourth-order valence-electron chi connectivity index (χ4n) is 2.17. The normalized spacial score (nSPS) is 10.4. The summed E-state index contributed by atoms with van der Waals surface area (Å²) in [6.07, 6.45) is 0. The molecule has 0 aliphatic heterocycles. The van der Waals surface area contributed by atoms with Crippen LogP contribution in [0.1, 0.15) is 5.56 Å². The van der Waals surface area contributed by atoms with Gasteiger partial charge in [0.05, 0.1) is 18.8 Å². The van der Waals surface area contributed by atoms with Crippen LogP contribution in [0.4, 0.5) is 20.2 Å². The van der Waals surface area contributed by atoms with Gasteiger partial charge in [-0.2, -0.15) is 8.78 Å². The average Bonchev–Trinajstić information content (AvgIpc) is 2.62. The molecule has 2 aromatic rings. The molecule has 9 heteroatoms. The van der Waals surface area contributed by atoms with Gasteiger partial charge >= 0.3 is 6.61 Å². The number of ether oxygens (including phenoxy) is 1. The zero-order valence-corrected chi connectivity index (χ0v) is 15.1. The Balaban J connectivity index is 1.81. The van der Waals surface area contributed by atoms with Crippen LogP contribution in [0, 0.1) is 6.92 Å². The molecule has 0 atom stereocenters. The first-order chi connectivity index (χ1) is 12.9. The molecule has 0 saturated heterocycles.